The van der Waals surface area contributed by atoms with Gasteiger partial charge in [-0.05, 0) is 12.5 Å². The zero-order chi connectivity index (χ0) is 26.6. The van der Waals surface area contributed by atoms with E-state index in [-0.39, 0.29) is 46.6 Å². The molecule has 37 heavy (non-hydrogen) atoms. The molecule has 2 heterocycles. The number of nitrogens with one attached hydrogen (secondary N) is 1. The molecule has 2 aliphatic heterocycles. The van der Waals surface area contributed by atoms with Crippen LogP contribution in [0.1, 0.15) is 41.6 Å². The first-order valence-electron chi connectivity index (χ1n) is 11.7. The Morgan fingerprint density at radius 3 is 2.27 bits per heavy atom. The Hall–Kier alpha value is -3.72. The summed E-state index contributed by atoms with van der Waals surface area (Å²) in [7, 11) is 5.89. The van der Waals surface area contributed by atoms with E-state index in [4.69, 9.17) is 35.3 Å². The van der Waals surface area contributed by atoms with Crippen LogP contribution < -0.4 is 29.0 Å². The maximum absolute atomic E-state index is 14.4. The molecule has 0 radical (unpaired) electrons. The number of hydrogen-bond donors (Lipinski definition) is 1. The third kappa shape index (κ3) is 3.48. The first kappa shape index (κ1) is 25.0. The highest BCUT2D eigenvalue weighted by molar-refractivity contribution is 6.36. The quantitative estimate of drug-likeness (QED) is 0.584. The Morgan fingerprint density at radius 2 is 1.62 bits per heavy atom. The average molecular weight is 528 g/mol. The zero-order valence-corrected chi connectivity index (χ0v) is 21.8. The molecule has 0 unspecified atom stereocenters. The van der Waals surface area contributed by atoms with Crippen molar-refractivity contribution in [2.45, 2.75) is 31.3 Å². The first-order chi connectivity index (χ1) is 17.7. The molecular weight excluding hydrogens is 502 g/mol. The normalized spacial score (nSPS) is 24.3. The van der Waals surface area contributed by atoms with Crippen LogP contribution >= 0.6 is 11.6 Å². The van der Waals surface area contributed by atoms with Crippen LogP contribution in [0.3, 0.4) is 0 Å². The minimum Gasteiger partial charge on any atom is -0.497 e. The van der Waals surface area contributed by atoms with Gasteiger partial charge in [-0.25, -0.2) is 0 Å². The molecular formula is C27H26ClNO8. The number of amides is 1. The van der Waals surface area contributed by atoms with Gasteiger partial charge in [-0.3, -0.25) is 14.4 Å². The number of hydrogen-bond acceptors (Lipinski definition) is 8. The highest BCUT2D eigenvalue weighted by Crippen LogP contribution is 2.55. The molecule has 2 aromatic rings. The van der Waals surface area contributed by atoms with Gasteiger partial charge in [0.1, 0.15) is 33.6 Å². The van der Waals surface area contributed by atoms with Crippen molar-refractivity contribution in [1.29, 1.82) is 0 Å². The molecule has 5 rings (SSSR count). The average Bonchev–Trinajstić information content (AvgIpc) is 3.21. The van der Waals surface area contributed by atoms with E-state index in [1.807, 2.05) is 0 Å². The monoisotopic (exact) mass is 527 g/mol. The minimum atomic E-state index is -1.87. The number of halogens is 1. The van der Waals surface area contributed by atoms with Crippen LogP contribution in [0.5, 0.6) is 28.7 Å². The van der Waals surface area contributed by atoms with Crippen LogP contribution in [-0.4, -0.2) is 51.5 Å². The fraction of sp³-hybridized carbons (Fsp3) is 0.370. The predicted octanol–water partition coefficient (Wildman–Crippen LogP) is 3.86. The van der Waals surface area contributed by atoms with Crippen molar-refractivity contribution in [2.75, 3.05) is 28.4 Å². The van der Waals surface area contributed by atoms with Gasteiger partial charge >= 0.3 is 0 Å². The predicted molar refractivity (Wildman–Crippen MR) is 133 cm³/mol. The Labute approximate surface area is 218 Å². The Balaban J connectivity index is 1.67. The molecule has 10 heteroatoms. The third-order valence-electron chi connectivity index (χ3n) is 7.37. The van der Waals surface area contributed by atoms with Crippen LogP contribution in [0.25, 0.3) is 0 Å². The van der Waals surface area contributed by atoms with E-state index in [9.17, 15) is 14.4 Å². The molecule has 1 spiro atoms. The van der Waals surface area contributed by atoms with Gasteiger partial charge in [0, 0.05) is 47.2 Å². The van der Waals surface area contributed by atoms with Crippen LogP contribution in [0.4, 0.5) is 0 Å². The molecule has 2 aromatic carbocycles. The molecule has 0 bridgehead atoms. The van der Waals surface area contributed by atoms with Crippen molar-refractivity contribution in [3.05, 3.63) is 51.7 Å². The number of allylic oxidation sites excluding steroid dienone is 1. The van der Waals surface area contributed by atoms with E-state index in [1.54, 1.807) is 25.1 Å². The summed E-state index contributed by atoms with van der Waals surface area (Å²) in [5.74, 6) is -1.03. The van der Waals surface area contributed by atoms with E-state index in [0.717, 1.165) is 0 Å². The first-order valence-corrected chi connectivity index (χ1v) is 12.1. The molecule has 1 N–H and O–H groups in total. The zero-order valence-electron chi connectivity index (χ0n) is 21.0. The Bertz CT molecular complexity index is 1380. The second kappa shape index (κ2) is 8.99. The molecule has 194 valence electrons. The third-order valence-corrected chi connectivity index (χ3v) is 7.73. The number of rotatable bonds is 5. The van der Waals surface area contributed by atoms with Gasteiger partial charge in [0.25, 0.3) is 0 Å². The Morgan fingerprint density at radius 1 is 0.919 bits per heavy atom. The lowest BCUT2D eigenvalue weighted by atomic mass is 9.66. The number of Topliss-reactive ketones (excluding diaryl/α,β-unsaturated/α-hetero) is 2. The summed E-state index contributed by atoms with van der Waals surface area (Å²) in [6.07, 6.45) is 0.231. The van der Waals surface area contributed by atoms with Gasteiger partial charge in [-0.1, -0.05) is 24.6 Å². The number of ketones is 2. The molecule has 3 atom stereocenters. The largest absolute Gasteiger partial charge is 0.497 e. The summed E-state index contributed by atoms with van der Waals surface area (Å²) < 4.78 is 27.9. The second-order valence-corrected chi connectivity index (χ2v) is 9.58. The number of carbonyl (C=O) groups excluding carboxylic acids is 3. The molecule has 1 aliphatic carbocycles. The fourth-order valence-electron chi connectivity index (χ4n) is 5.56. The number of benzene rings is 2. The van der Waals surface area contributed by atoms with E-state index in [0.29, 0.717) is 28.3 Å². The number of methoxy groups -OCH3 is 4. The summed E-state index contributed by atoms with van der Waals surface area (Å²) in [6.45, 7) is 1.74. The van der Waals surface area contributed by atoms with Crippen molar-refractivity contribution in [2.24, 2.45) is 5.92 Å². The molecule has 3 aliphatic rings. The molecule has 9 nitrogen and oxygen atoms in total. The van der Waals surface area contributed by atoms with Crippen LogP contribution in [0.2, 0.25) is 5.02 Å². The summed E-state index contributed by atoms with van der Waals surface area (Å²) in [5, 5.41) is 2.93. The van der Waals surface area contributed by atoms with Crippen LogP contribution in [-0.2, 0) is 9.59 Å². The van der Waals surface area contributed by atoms with Crippen molar-refractivity contribution in [3.63, 3.8) is 0 Å². The number of ether oxygens (including phenoxy) is 5. The molecule has 0 aromatic heterocycles. The fourth-order valence-corrected chi connectivity index (χ4v) is 5.83. The number of carbonyl (C=O) groups is 3. The summed E-state index contributed by atoms with van der Waals surface area (Å²) in [4.78, 5) is 41.2. The smallest absolute Gasteiger partial charge is 0.236 e. The van der Waals surface area contributed by atoms with Crippen molar-refractivity contribution in [1.82, 2.24) is 5.32 Å². The van der Waals surface area contributed by atoms with Crippen LogP contribution in [0, 0.1) is 5.92 Å². The standard InChI is InChI=1S/C27H26ClNO8/c1-12-8-16-21(15(10-20(30)29-16)14-7-6-13(33-2)9-17(14)34-3)25(31)27(12)26(32)22-18(35-4)11-19(36-5)23(28)24(22)37-27/h6-7,9,11-12,15H,8,10H2,1-5H3,(H,29,30)/t12-,15+,27+/m1/s1. The lowest BCUT2D eigenvalue weighted by Crippen LogP contribution is -2.59. The molecule has 1 amide bonds. The van der Waals surface area contributed by atoms with Crippen LogP contribution in [0.15, 0.2) is 35.5 Å². The summed E-state index contributed by atoms with van der Waals surface area (Å²) in [5.41, 5.74) is -0.362. The van der Waals surface area contributed by atoms with Gasteiger partial charge in [0.15, 0.2) is 5.75 Å². The van der Waals surface area contributed by atoms with E-state index in [2.05, 4.69) is 5.32 Å². The van der Waals surface area contributed by atoms with Gasteiger partial charge in [0.05, 0.1) is 28.4 Å². The molecule has 0 saturated carbocycles. The van der Waals surface area contributed by atoms with Gasteiger partial charge < -0.3 is 29.0 Å². The van der Waals surface area contributed by atoms with Gasteiger partial charge in [-0.15, -0.1) is 0 Å². The highest BCUT2D eigenvalue weighted by Gasteiger charge is 2.63. The van der Waals surface area contributed by atoms with Gasteiger partial charge in [-0.2, -0.15) is 0 Å². The lowest BCUT2D eigenvalue weighted by Gasteiger charge is -2.41. The second-order valence-electron chi connectivity index (χ2n) is 9.21. The summed E-state index contributed by atoms with van der Waals surface area (Å²) in [6, 6.07) is 6.69. The SMILES string of the molecule is COc1ccc([C@@H]2CC(=O)NC3=C2C(=O)[C@@]2(Oc4c(Cl)c(OC)cc(OC)c4C2=O)[C@H](C)C3)c(OC)c1. The van der Waals surface area contributed by atoms with E-state index in [1.165, 1.54) is 34.5 Å². The van der Waals surface area contributed by atoms with E-state index >= 15 is 0 Å². The van der Waals surface area contributed by atoms with Crippen molar-refractivity contribution in [3.8, 4) is 28.7 Å². The summed E-state index contributed by atoms with van der Waals surface area (Å²) >= 11 is 6.53. The maximum Gasteiger partial charge on any atom is 0.236 e. The topological polar surface area (TPSA) is 109 Å². The molecule has 0 saturated heterocycles. The lowest BCUT2D eigenvalue weighted by molar-refractivity contribution is -0.131. The van der Waals surface area contributed by atoms with E-state index < -0.39 is 29.0 Å². The highest BCUT2D eigenvalue weighted by atomic mass is 35.5. The number of fused-ring (bicyclic) bond motifs is 1. The maximum atomic E-state index is 14.4. The van der Waals surface area contributed by atoms with Gasteiger partial charge in [0.2, 0.25) is 23.1 Å². The minimum absolute atomic E-state index is 0.00321. The molecule has 0 fully saturated rings. The van der Waals surface area contributed by atoms with Crippen molar-refractivity contribution >= 4 is 29.1 Å². The van der Waals surface area contributed by atoms with Crippen molar-refractivity contribution < 1.29 is 38.1 Å². The Kier molecular flexibility index (Phi) is 6.06.